The first kappa shape index (κ1) is 21.6. The molecule has 164 valence electrons. The third-order valence-electron chi connectivity index (χ3n) is 5.16. The Morgan fingerprint density at radius 3 is 2.69 bits per heavy atom. The van der Waals surface area contributed by atoms with Crippen LogP contribution in [0.1, 0.15) is 16.8 Å². The fraction of sp³-hybridized carbons (Fsp3) is 0.208. The number of amides is 1. The molecule has 1 N–H and O–H groups in total. The zero-order chi connectivity index (χ0) is 22.8. The number of carbonyl (C=O) groups excluding carboxylic acids is 1. The number of carbonyl (C=O) groups is 1. The first-order chi connectivity index (χ1) is 15.4. The van der Waals surface area contributed by atoms with Crippen LogP contribution in [0.15, 0.2) is 48.5 Å². The van der Waals surface area contributed by atoms with Crippen molar-refractivity contribution < 1.29 is 14.3 Å². The van der Waals surface area contributed by atoms with Gasteiger partial charge in [-0.1, -0.05) is 23.7 Å². The second-order valence-corrected chi connectivity index (χ2v) is 7.83. The van der Waals surface area contributed by atoms with Gasteiger partial charge in [0.1, 0.15) is 5.75 Å². The number of hydrogen-bond donors (Lipinski definition) is 1. The Labute approximate surface area is 190 Å². The lowest BCUT2D eigenvalue weighted by molar-refractivity contribution is -0.118. The molecule has 0 aliphatic carbocycles. The van der Waals surface area contributed by atoms with Crippen LogP contribution in [0.5, 0.6) is 11.6 Å². The van der Waals surface area contributed by atoms with E-state index < -0.39 is 0 Å². The van der Waals surface area contributed by atoms with Crippen molar-refractivity contribution in [3.8, 4) is 17.3 Å². The Morgan fingerprint density at radius 1 is 1.12 bits per heavy atom. The van der Waals surface area contributed by atoms with Crippen LogP contribution >= 0.6 is 11.6 Å². The average molecular weight is 451 g/mol. The summed E-state index contributed by atoms with van der Waals surface area (Å²) in [6, 6.07) is 14.6. The van der Waals surface area contributed by atoms with Gasteiger partial charge in [0, 0.05) is 28.2 Å². The molecule has 0 spiro atoms. The molecule has 2 aromatic carbocycles. The van der Waals surface area contributed by atoms with Crippen LogP contribution in [0.25, 0.3) is 16.7 Å². The quantitative estimate of drug-likeness (QED) is 0.446. The van der Waals surface area contributed by atoms with Gasteiger partial charge in [0.2, 0.25) is 5.88 Å². The van der Waals surface area contributed by atoms with Crippen molar-refractivity contribution >= 4 is 34.2 Å². The Kier molecular flexibility index (Phi) is 6.01. The largest absolute Gasteiger partial charge is 0.497 e. The molecule has 32 heavy (non-hydrogen) atoms. The summed E-state index contributed by atoms with van der Waals surface area (Å²) >= 11 is 6.32. The summed E-state index contributed by atoms with van der Waals surface area (Å²) in [6.45, 7) is 5.67. The van der Waals surface area contributed by atoms with Crippen LogP contribution in [0.4, 0.5) is 5.69 Å². The number of halogens is 1. The summed E-state index contributed by atoms with van der Waals surface area (Å²) in [6.07, 6.45) is 0. The Morgan fingerprint density at radius 2 is 1.91 bits per heavy atom. The van der Waals surface area contributed by atoms with Gasteiger partial charge in [-0.15, -0.1) is 0 Å². The highest BCUT2D eigenvalue weighted by atomic mass is 35.5. The maximum atomic E-state index is 12.4. The van der Waals surface area contributed by atoms with Gasteiger partial charge in [-0.05, 0) is 56.2 Å². The van der Waals surface area contributed by atoms with Crippen molar-refractivity contribution in [3.05, 3.63) is 70.4 Å². The molecule has 4 aromatic rings. The standard InChI is InChI=1S/C24H23ClN4O3/c1-14-11-22(32-13-21(30)26-17-7-5-8-18(12-17)31-4)27-24-23(14)16(3)28-29(24)20-10-6-9-19(25)15(20)2/h5-12H,13H2,1-4H3,(H,26,30). The number of aromatic nitrogens is 3. The van der Waals surface area contributed by atoms with Crippen LogP contribution in [-0.2, 0) is 4.79 Å². The highest BCUT2D eigenvalue weighted by Crippen LogP contribution is 2.29. The molecule has 0 bridgehead atoms. The highest BCUT2D eigenvalue weighted by Gasteiger charge is 2.17. The van der Waals surface area contributed by atoms with Crippen LogP contribution in [0.3, 0.4) is 0 Å². The molecule has 4 rings (SSSR count). The summed E-state index contributed by atoms with van der Waals surface area (Å²) < 4.78 is 12.7. The number of nitrogens with zero attached hydrogens (tertiary/aromatic N) is 3. The van der Waals surface area contributed by atoms with Crippen molar-refractivity contribution in [2.45, 2.75) is 20.8 Å². The second kappa shape index (κ2) is 8.88. The van der Waals surface area contributed by atoms with Crippen molar-refractivity contribution in [1.82, 2.24) is 14.8 Å². The molecule has 2 aromatic heterocycles. The predicted octanol–water partition coefficient (Wildman–Crippen LogP) is 5.03. The molecular formula is C24H23ClN4O3. The van der Waals surface area contributed by atoms with E-state index in [1.165, 1.54) is 0 Å². The van der Waals surface area contributed by atoms with Crippen LogP contribution in [0, 0.1) is 20.8 Å². The van der Waals surface area contributed by atoms with E-state index in [1.54, 1.807) is 36.1 Å². The lowest BCUT2D eigenvalue weighted by atomic mass is 10.1. The maximum Gasteiger partial charge on any atom is 0.262 e. The molecule has 7 nitrogen and oxygen atoms in total. The molecule has 0 atom stereocenters. The number of rotatable bonds is 6. The predicted molar refractivity (Wildman–Crippen MR) is 125 cm³/mol. The SMILES string of the molecule is COc1cccc(NC(=O)COc2cc(C)c3c(C)nn(-c4cccc(Cl)c4C)c3n2)c1. The van der Waals surface area contributed by atoms with Crippen molar-refractivity contribution in [1.29, 1.82) is 0 Å². The Hall–Kier alpha value is -3.58. The molecule has 0 radical (unpaired) electrons. The van der Waals surface area contributed by atoms with Gasteiger partial charge in [0.25, 0.3) is 5.91 Å². The lowest BCUT2D eigenvalue weighted by Gasteiger charge is -2.11. The van der Waals surface area contributed by atoms with E-state index in [4.69, 9.17) is 21.1 Å². The minimum atomic E-state index is -0.298. The fourth-order valence-corrected chi connectivity index (χ4v) is 3.75. The summed E-state index contributed by atoms with van der Waals surface area (Å²) in [4.78, 5) is 17.0. The molecule has 1 amide bonds. The average Bonchev–Trinajstić information content (AvgIpc) is 3.11. The van der Waals surface area contributed by atoms with Crippen LogP contribution in [0.2, 0.25) is 5.02 Å². The van der Waals surface area contributed by atoms with Gasteiger partial charge in [0.05, 0.1) is 18.5 Å². The number of aryl methyl sites for hydroxylation is 2. The van der Waals surface area contributed by atoms with E-state index in [2.05, 4.69) is 15.4 Å². The normalized spacial score (nSPS) is 10.9. The van der Waals surface area contributed by atoms with E-state index in [0.29, 0.717) is 28.0 Å². The molecule has 0 aliphatic heterocycles. The van der Waals surface area contributed by atoms with Crippen molar-refractivity contribution in [2.24, 2.45) is 0 Å². The fourth-order valence-electron chi connectivity index (χ4n) is 3.58. The van der Waals surface area contributed by atoms with Gasteiger partial charge in [-0.3, -0.25) is 4.79 Å². The van der Waals surface area contributed by atoms with Gasteiger partial charge in [-0.2, -0.15) is 10.1 Å². The summed E-state index contributed by atoms with van der Waals surface area (Å²) in [7, 11) is 1.57. The monoisotopic (exact) mass is 450 g/mol. The van der Waals surface area contributed by atoms with E-state index in [1.807, 2.05) is 45.0 Å². The zero-order valence-electron chi connectivity index (χ0n) is 18.3. The molecular weight excluding hydrogens is 428 g/mol. The Bertz CT molecular complexity index is 1320. The second-order valence-electron chi connectivity index (χ2n) is 7.43. The topological polar surface area (TPSA) is 78.3 Å². The third kappa shape index (κ3) is 4.24. The minimum Gasteiger partial charge on any atom is -0.497 e. The molecule has 0 aliphatic rings. The van der Waals surface area contributed by atoms with Crippen molar-refractivity contribution in [2.75, 3.05) is 19.0 Å². The van der Waals surface area contributed by atoms with Crippen molar-refractivity contribution in [3.63, 3.8) is 0 Å². The molecule has 2 heterocycles. The summed E-state index contributed by atoms with van der Waals surface area (Å²) in [5.41, 5.74) is 4.84. The summed E-state index contributed by atoms with van der Waals surface area (Å²) in [5.74, 6) is 0.705. The van der Waals surface area contributed by atoms with Gasteiger partial charge in [0.15, 0.2) is 12.3 Å². The number of ether oxygens (including phenoxy) is 2. The van der Waals surface area contributed by atoms with Crippen LogP contribution in [-0.4, -0.2) is 34.4 Å². The number of anilines is 1. The molecule has 0 unspecified atom stereocenters. The number of pyridine rings is 1. The molecule has 0 saturated carbocycles. The first-order valence-electron chi connectivity index (χ1n) is 10.1. The number of methoxy groups -OCH3 is 1. The van der Waals surface area contributed by atoms with Crippen LogP contribution < -0.4 is 14.8 Å². The number of benzene rings is 2. The van der Waals surface area contributed by atoms with E-state index in [9.17, 15) is 4.79 Å². The number of fused-ring (bicyclic) bond motifs is 1. The van der Waals surface area contributed by atoms with Gasteiger partial charge < -0.3 is 14.8 Å². The minimum absolute atomic E-state index is 0.182. The Balaban J connectivity index is 1.60. The summed E-state index contributed by atoms with van der Waals surface area (Å²) in [5, 5.41) is 9.07. The molecule has 0 fully saturated rings. The van der Waals surface area contributed by atoms with Gasteiger partial charge >= 0.3 is 0 Å². The van der Waals surface area contributed by atoms with Gasteiger partial charge in [-0.25, -0.2) is 4.68 Å². The molecule has 8 heteroatoms. The highest BCUT2D eigenvalue weighted by molar-refractivity contribution is 6.31. The smallest absolute Gasteiger partial charge is 0.262 e. The maximum absolute atomic E-state index is 12.4. The molecule has 0 saturated heterocycles. The zero-order valence-corrected chi connectivity index (χ0v) is 19.0. The number of nitrogens with one attached hydrogen (secondary N) is 1. The number of hydrogen-bond acceptors (Lipinski definition) is 5. The van der Waals surface area contributed by atoms with E-state index >= 15 is 0 Å². The van der Waals surface area contributed by atoms with E-state index in [-0.39, 0.29) is 12.5 Å². The lowest BCUT2D eigenvalue weighted by Crippen LogP contribution is -2.20. The van der Waals surface area contributed by atoms with E-state index in [0.717, 1.165) is 27.9 Å². The third-order valence-corrected chi connectivity index (χ3v) is 5.57. The first-order valence-corrected chi connectivity index (χ1v) is 10.4.